The largest absolute Gasteiger partial charge is 0.379 e. The lowest BCUT2D eigenvalue weighted by molar-refractivity contribution is 0.0896. The zero-order chi connectivity index (χ0) is 31.7. The molecule has 0 radical (unpaired) electrons. The van der Waals surface area contributed by atoms with Crippen LogP contribution in [0.15, 0.2) is 58.3 Å². The van der Waals surface area contributed by atoms with Crippen LogP contribution in [0.1, 0.15) is 11.1 Å². The number of ether oxygens (including phenoxy) is 4. The molecular formula is C30H48N4O8S2. The number of hydrogen-bond donors (Lipinski definition) is 2. The fourth-order valence-electron chi connectivity index (χ4n) is 4.32. The maximum Gasteiger partial charge on any atom is 0.243 e. The lowest BCUT2D eigenvalue weighted by Crippen LogP contribution is -2.38. The van der Waals surface area contributed by atoms with Gasteiger partial charge in [-0.05, 0) is 38.1 Å². The molecule has 0 bridgehead atoms. The van der Waals surface area contributed by atoms with Crippen molar-refractivity contribution in [3.63, 3.8) is 0 Å². The second kappa shape index (κ2) is 19.5. The van der Waals surface area contributed by atoms with Gasteiger partial charge in [-0.3, -0.25) is 0 Å². The highest BCUT2D eigenvalue weighted by Crippen LogP contribution is 2.17. The molecule has 0 saturated carbocycles. The molecule has 44 heavy (non-hydrogen) atoms. The Morgan fingerprint density at radius 3 is 1.02 bits per heavy atom. The first-order valence-electron chi connectivity index (χ1n) is 15.1. The zero-order valence-corrected chi connectivity index (χ0v) is 27.5. The van der Waals surface area contributed by atoms with Gasteiger partial charge >= 0.3 is 0 Å². The molecule has 1 fully saturated rings. The van der Waals surface area contributed by atoms with Crippen molar-refractivity contribution in [2.45, 2.75) is 23.6 Å². The van der Waals surface area contributed by atoms with E-state index in [1.165, 1.54) is 8.61 Å². The van der Waals surface area contributed by atoms with Gasteiger partial charge < -0.3 is 29.6 Å². The third-order valence-electron chi connectivity index (χ3n) is 6.95. The van der Waals surface area contributed by atoms with Crippen molar-refractivity contribution in [2.75, 3.05) is 105 Å². The van der Waals surface area contributed by atoms with Crippen molar-refractivity contribution in [3.05, 3.63) is 59.7 Å². The standard InChI is InChI=1S/C30H48N4O8S2/c1-27-3-7-29(8-4-27)43(35,36)33-15-23-39-19-11-31-13-21-41-25-17-34(44(37,38)30-9-5-28(2)6-10-30)18-26-42-22-14-32-12-20-40-24-16-33/h3-10,31-32H,11-26H2,1-2H3. The molecule has 0 amide bonds. The van der Waals surface area contributed by atoms with E-state index in [4.69, 9.17) is 18.9 Å². The summed E-state index contributed by atoms with van der Waals surface area (Å²) in [6.45, 7) is 9.53. The molecule has 1 aliphatic heterocycles. The summed E-state index contributed by atoms with van der Waals surface area (Å²) in [4.78, 5) is 0.492. The summed E-state index contributed by atoms with van der Waals surface area (Å²) < 4.78 is 78.8. The Labute approximate surface area is 263 Å². The molecule has 2 aromatic carbocycles. The molecule has 0 unspecified atom stereocenters. The summed E-state index contributed by atoms with van der Waals surface area (Å²) in [5.74, 6) is 0. The van der Waals surface area contributed by atoms with Crippen LogP contribution in [0.4, 0.5) is 0 Å². The Balaban J connectivity index is 1.52. The lowest BCUT2D eigenvalue weighted by Gasteiger charge is -2.23. The van der Waals surface area contributed by atoms with Crippen molar-refractivity contribution < 1.29 is 35.8 Å². The highest BCUT2D eigenvalue weighted by Gasteiger charge is 2.25. The zero-order valence-electron chi connectivity index (χ0n) is 25.9. The number of aryl methyl sites for hydroxylation is 2. The second-order valence-electron chi connectivity index (χ2n) is 10.4. The molecule has 1 saturated heterocycles. The van der Waals surface area contributed by atoms with Crippen LogP contribution in [0.2, 0.25) is 0 Å². The number of sulfonamides is 2. The van der Waals surface area contributed by atoms with Crippen LogP contribution in [-0.4, -0.2) is 131 Å². The topological polar surface area (TPSA) is 136 Å². The summed E-state index contributed by atoms with van der Waals surface area (Å²) in [6.07, 6.45) is 0. The second-order valence-corrected chi connectivity index (χ2v) is 14.3. The quantitative estimate of drug-likeness (QED) is 0.495. The Morgan fingerprint density at radius 2 is 0.750 bits per heavy atom. The number of rotatable bonds is 4. The minimum absolute atomic E-state index is 0.209. The van der Waals surface area contributed by atoms with E-state index in [1.54, 1.807) is 48.5 Å². The van der Waals surface area contributed by atoms with E-state index >= 15 is 0 Å². The number of benzene rings is 2. The average molecular weight is 657 g/mol. The summed E-state index contributed by atoms with van der Waals surface area (Å²) in [6, 6.07) is 13.6. The predicted molar refractivity (Wildman–Crippen MR) is 169 cm³/mol. The molecular weight excluding hydrogens is 608 g/mol. The van der Waals surface area contributed by atoms with E-state index in [-0.39, 0.29) is 62.4 Å². The van der Waals surface area contributed by atoms with Gasteiger partial charge in [0.05, 0.1) is 62.6 Å². The summed E-state index contributed by atoms with van der Waals surface area (Å²) in [5.41, 5.74) is 1.98. The van der Waals surface area contributed by atoms with Crippen LogP contribution in [-0.2, 0) is 39.0 Å². The van der Waals surface area contributed by atoms with Crippen molar-refractivity contribution >= 4 is 20.0 Å². The maximum absolute atomic E-state index is 13.3. The van der Waals surface area contributed by atoms with E-state index in [1.807, 2.05) is 13.8 Å². The highest BCUT2D eigenvalue weighted by molar-refractivity contribution is 7.89. The van der Waals surface area contributed by atoms with Gasteiger partial charge in [-0.2, -0.15) is 8.61 Å². The molecule has 0 aromatic heterocycles. The van der Waals surface area contributed by atoms with Gasteiger partial charge in [0.15, 0.2) is 0 Å². The van der Waals surface area contributed by atoms with Crippen LogP contribution < -0.4 is 10.6 Å². The predicted octanol–water partition coefficient (Wildman–Crippen LogP) is 1.24. The molecule has 1 aliphatic rings. The Bertz CT molecular complexity index is 1170. The molecule has 1 heterocycles. The molecule has 14 heteroatoms. The first-order chi connectivity index (χ1) is 21.2. The van der Waals surface area contributed by atoms with E-state index in [2.05, 4.69) is 10.6 Å². The average Bonchev–Trinajstić information content (AvgIpc) is 3.00. The molecule has 12 nitrogen and oxygen atoms in total. The van der Waals surface area contributed by atoms with Crippen LogP contribution in [0.3, 0.4) is 0 Å². The van der Waals surface area contributed by atoms with E-state index < -0.39 is 20.0 Å². The number of nitrogens with zero attached hydrogens (tertiary/aromatic N) is 2. The highest BCUT2D eigenvalue weighted by atomic mass is 32.2. The van der Waals surface area contributed by atoms with Gasteiger partial charge in [0.25, 0.3) is 0 Å². The fourth-order valence-corrected chi connectivity index (χ4v) is 7.14. The first-order valence-corrected chi connectivity index (χ1v) is 18.0. The van der Waals surface area contributed by atoms with Crippen LogP contribution in [0, 0.1) is 13.8 Å². The van der Waals surface area contributed by atoms with Gasteiger partial charge in [0.2, 0.25) is 20.0 Å². The van der Waals surface area contributed by atoms with Gasteiger partial charge in [-0.25, -0.2) is 16.8 Å². The third kappa shape index (κ3) is 12.4. The smallest absolute Gasteiger partial charge is 0.243 e. The van der Waals surface area contributed by atoms with Crippen molar-refractivity contribution in [2.24, 2.45) is 0 Å². The van der Waals surface area contributed by atoms with Gasteiger partial charge in [-0.15, -0.1) is 0 Å². The fraction of sp³-hybridized carbons (Fsp3) is 0.600. The summed E-state index contributed by atoms with van der Waals surface area (Å²) in [7, 11) is -7.39. The lowest BCUT2D eigenvalue weighted by atomic mass is 10.2. The molecule has 0 spiro atoms. The summed E-state index contributed by atoms with van der Waals surface area (Å²) in [5, 5.41) is 6.44. The van der Waals surface area contributed by atoms with Crippen molar-refractivity contribution in [3.8, 4) is 0 Å². The Kier molecular flexibility index (Phi) is 16.2. The molecule has 0 atom stereocenters. The molecule has 0 aliphatic carbocycles. The number of nitrogens with one attached hydrogen (secondary N) is 2. The van der Waals surface area contributed by atoms with E-state index in [0.717, 1.165) is 11.1 Å². The third-order valence-corrected chi connectivity index (χ3v) is 10.8. The normalized spacial score (nSPS) is 20.0. The SMILES string of the molecule is Cc1ccc(S(=O)(=O)N2CCOCCNCCOCCN(S(=O)(=O)c3ccc(C)cc3)CCOCCNCCOCC2)cc1. The summed E-state index contributed by atoms with van der Waals surface area (Å²) >= 11 is 0. The molecule has 3 rings (SSSR count). The van der Waals surface area contributed by atoms with Gasteiger partial charge in [-0.1, -0.05) is 35.4 Å². The van der Waals surface area contributed by atoms with Crippen molar-refractivity contribution in [1.29, 1.82) is 0 Å². The molecule has 2 aromatic rings. The minimum atomic E-state index is -3.69. The van der Waals surface area contributed by atoms with E-state index in [0.29, 0.717) is 52.6 Å². The van der Waals surface area contributed by atoms with Crippen LogP contribution >= 0.6 is 0 Å². The maximum atomic E-state index is 13.3. The molecule has 248 valence electrons. The first kappa shape index (κ1) is 36.5. The van der Waals surface area contributed by atoms with Crippen molar-refractivity contribution in [1.82, 2.24) is 19.2 Å². The van der Waals surface area contributed by atoms with Gasteiger partial charge in [0.1, 0.15) is 0 Å². The van der Waals surface area contributed by atoms with Crippen LogP contribution in [0.5, 0.6) is 0 Å². The minimum Gasteiger partial charge on any atom is -0.379 e. The Hall–Kier alpha value is -1.98. The van der Waals surface area contributed by atoms with Crippen LogP contribution in [0.25, 0.3) is 0 Å². The monoisotopic (exact) mass is 656 g/mol. The Morgan fingerprint density at radius 1 is 0.477 bits per heavy atom. The van der Waals surface area contributed by atoms with E-state index in [9.17, 15) is 16.8 Å². The number of hydrogen-bond acceptors (Lipinski definition) is 10. The van der Waals surface area contributed by atoms with Gasteiger partial charge in [0, 0.05) is 52.4 Å². The molecule has 2 N–H and O–H groups in total.